The van der Waals surface area contributed by atoms with E-state index in [9.17, 15) is 4.79 Å². The Kier molecular flexibility index (Phi) is 3.82. The molecular formula is C15H17NO2. The number of nitrogens with one attached hydrogen (secondary N) is 1. The molecule has 94 valence electrons. The summed E-state index contributed by atoms with van der Waals surface area (Å²) in [5.74, 6) is 0.782. The van der Waals surface area contributed by atoms with Gasteiger partial charge < -0.3 is 9.73 Å². The van der Waals surface area contributed by atoms with Gasteiger partial charge in [0, 0.05) is 0 Å². The number of rotatable bonds is 4. The molecule has 0 saturated heterocycles. The lowest BCUT2D eigenvalue weighted by Gasteiger charge is -2.07. The number of carbonyl (C=O) groups excluding carboxylic acids is 1. The number of hydrogen-bond acceptors (Lipinski definition) is 2. The molecule has 1 amide bonds. The first-order valence-electron chi connectivity index (χ1n) is 6.00. The largest absolute Gasteiger partial charge is 0.467 e. The van der Waals surface area contributed by atoms with E-state index in [2.05, 4.69) is 17.4 Å². The zero-order chi connectivity index (χ0) is 13.0. The fraction of sp³-hybridized carbons (Fsp3) is 0.267. The van der Waals surface area contributed by atoms with Crippen LogP contribution in [-0.2, 0) is 17.8 Å². The van der Waals surface area contributed by atoms with Crippen molar-refractivity contribution in [2.75, 3.05) is 0 Å². The second-order valence-corrected chi connectivity index (χ2v) is 4.46. The van der Waals surface area contributed by atoms with Crippen LogP contribution in [0.2, 0.25) is 0 Å². The fourth-order valence-electron chi connectivity index (χ4n) is 1.83. The molecule has 0 aliphatic carbocycles. The van der Waals surface area contributed by atoms with Gasteiger partial charge in [-0.25, -0.2) is 0 Å². The molecule has 0 saturated carbocycles. The number of benzene rings is 1. The third kappa shape index (κ3) is 3.23. The van der Waals surface area contributed by atoms with E-state index in [-0.39, 0.29) is 5.91 Å². The van der Waals surface area contributed by atoms with Gasteiger partial charge in [0.15, 0.2) is 0 Å². The molecular weight excluding hydrogens is 226 g/mol. The van der Waals surface area contributed by atoms with E-state index in [1.165, 1.54) is 5.56 Å². The van der Waals surface area contributed by atoms with Gasteiger partial charge in [0.05, 0.1) is 19.2 Å². The summed E-state index contributed by atoms with van der Waals surface area (Å²) in [5.41, 5.74) is 3.40. The van der Waals surface area contributed by atoms with Gasteiger partial charge in [-0.15, -0.1) is 0 Å². The molecule has 1 N–H and O–H groups in total. The number of carbonyl (C=O) groups is 1. The van der Waals surface area contributed by atoms with Gasteiger partial charge in [0.2, 0.25) is 5.91 Å². The summed E-state index contributed by atoms with van der Waals surface area (Å²) in [5, 5.41) is 2.85. The minimum absolute atomic E-state index is 0.0140. The van der Waals surface area contributed by atoms with E-state index in [0.717, 1.165) is 16.9 Å². The number of amides is 1. The molecule has 18 heavy (non-hydrogen) atoms. The summed E-state index contributed by atoms with van der Waals surface area (Å²) >= 11 is 0. The SMILES string of the molecule is Cc1ccc(C)c(CC(=O)NCc2ccco2)c1. The lowest BCUT2D eigenvalue weighted by Crippen LogP contribution is -2.24. The van der Waals surface area contributed by atoms with Crippen LogP contribution in [0, 0.1) is 13.8 Å². The minimum Gasteiger partial charge on any atom is -0.467 e. The first-order valence-corrected chi connectivity index (χ1v) is 6.00. The zero-order valence-electron chi connectivity index (χ0n) is 10.7. The maximum atomic E-state index is 11.8. The molecule has 1 heterocycles. The smallest absolute Gasteiger partial charge is 0.224 e. The van der Waals surface area contributed by atoms with Gasteiger partial charge in [-0.3, -0.25) is 4.79 Å². The highest BCUT2D eigenvalue weighted by molar-refractivity contribution is 5.78. The molecule has 3 heteroatoms. The standard InChI is InChI=1S/C15H17NO2/c1-11-5-6-12(2)13(8-11)9-15(17)16-10-14-4-3-7-18-14/h3-8H,9-10H2,1-2H3,(H,16,17). The molecule has 3 nitrogen and oxygen atoms in total. The quantitative estimate of drug-likeness (QED) is 0.897. The van der Waals surface area contributed by atoms with Crippen LogP contribution in [0.4, 0.5) is 0 Å². The third-order valence-electron chi connectivity index (χ3n) is 2.90. The molecule has 0 atom stereocenters. The molecule has 0 bridgehead atoms. The molecule has 0 spiro atoms. The normalized spacial score (nSPS) is 10.3. The lowest BCUT2D eigenvalue weighted by atomic mass is 10.0. The van der Waals surface area contributed by atoms with Crippen molar-refractivity contribution in [1.82, 2.24) is 5.32 Å². The summed E-state index contributed by atoms with van der Waals surface area (Å²) in [6.45, 7) is 4.50. The molecule has 0 radical (unpaired) electrons. The molecule has 0 unspecified atom stereocenters. The maximum Gasteiger partial charge on any atom is 0.224 e. The van der Waals surface area contributed by atoms with Gasteiger partial charge in [0.1, 0.15) is 5.76 Å². The van der Waals surface area contributed by atoms with Gasteiger partial charge >= 0.3 is 0 Å². The van der Waals surface area contributed by atoms with Crippen molar-refractivity contribution in [3.8, 4) is 0 Å². The predicted molar refractivity (Wildman–Crippen MR) is 70.2 cm³/mol. The number of aryl methyl sites for hydroxylation is 2. The molecule has 0 aliphatic heterocycles. The van der Waals surface area contributed by atoms with Crippen LogP contribution in [0.25, 0.3) is 0 Å². The summed E-state index contributed by atoms with van der Waals surface area (Å²) in [6.07, 6.45) is 2.01. The zero-order valence-corrected chi connectivity index (χ0v) is 10.7. The Labute approximate surface area is 107 Å². The van der Waals surface area contributed by atoms with Crippen molar-refractivity contribution in [3.05, 3.63) is 59.0 Å². The Hall–Kier alpha value is -2.03. The van der Waals surface area contributed by atoms with Gasteiger partial charge in [-0.1, -0.05) is 23.8 Å². The lowest BCUT2D eigenvalue weighted by molar-refractivity contribution is -0.120. The fourth-order valence-corrected chi connectivity index (χ4v) is 1.83. The monoisotopic (exact) mass is 243 g/mol. The Morgan fingerprint density at radius 3 is 2.83 bits per heavy atom. The van der Waals surface area contributed by atoms with E-state index in [1.54, 1.807) is 6.26 Å². The van der Waals surface area contributed by atoms with E-state index in [0.29, 0.717) is 13.0 Å². The van der Waals surface area contributed by atoms with E-state index >= 15 is 0 Å². The first-order chi connectivity index (χ1) is 8.65. The molecule has 0 fully saturated rings. The van der Waals surface area contributed by atoms with Crippen molar-refractivity contribution >= 4 is 5.91 Å². The van der Waals surface area contributed by atoms with Crippen LogP contribution in [-0.4, -0.2) is 5.91 Å². The summed E-state index contributed by atoms with van der Waals surface area (Å²) in [4.78, 5) is 11.8. The topological polar surface area (TPSA) is 42.2 Å². The van der Waals surface area contributed by atoms with Crippen LogP contribution < -0.4 is 5.32 Å². The number of hydrogen-bond donors (Lipinski definition) is 1. The highest BCUT2D eigenvalue weighted by atomic mass is 16.3. The maximum absolute atomic E-state index is 11.8. The predicted octanol–water partition coefficient (Wildman–Crippen LogP) is 2.76. The summed E-state index contributed by atoms with van der Waals surface area (Å²) in [6, 6.07) is 9.82. The van der Waals surface area contributed by atoms with Gasteiger partial charge in [-0.05, 0) is 37.1 Å². The van der Waals surface area contributed by atoms with Gasteiger partial charge in [0.25, 0.3) is 0 Å². The van der Waals surface area contributed by atoms with Crippen molar-refractivity contribution in [2.24, 2.45) is 0 Å². The van der Waals surface area contributed by atoms with E-state index in [4.69, 9.17) is 4.42 Å². The third-order valence-corrected chi connectivity index (χ3v) is 2.90. The molecule has 1 aromatic heterocycles. The van der Waals surface area contributed by atoms with Crippen molar-refractivity contribution < 1.29 is 9.21 Å². The van der Waals surface area contributed by atoms with Crippen LogP contribution in [0.15, 0.2) is 41.0 Å². The first kappa shape index (κ1) is 12.4. The van der Waals surface area contributed by atoms with Gasteiger partial charge in [-0.2, -0.15) is 0 Å². The Morgan fingerprint density at radius 2 is 2.11 bits per heavy atom. The Bertz CT molecular complexity index is 529. The van der Waals surface area contributed by atoms with Crippen LogP contribution in [0.5, 0.6) is 0 Å². The highest BCUT2D eigenvalue weighted by Crippen LogP contribution is 2.11. The molecule has 1 aromatic carbocycles. The summed E-state index contributed by atoms with van der Waals surface area (Å²) < 4.78 is 5.16. The second kappa shape index (κ2) is 5.54. The summed E-state index contributed by atoms with van der Waals surface area (Å²) in [7, 11) is 0. The van der Waals surface area contributed by atoms with Crippen LogP contribution in [0.1, 0.15) is 22.5 Å². The molecule has 0 aliphatic rings. The van der Waals surface area contributed by atoms with E-state index < -0.39 is 0 Å². The van der Waals surface area contributed by atoms with E-state index in [1.807, 2.05) is 32.0 Å². The highest BCUT2D eigenvalue weighted by Gasteiger charge is 2.06. The molecule has 2 aromatic rings. The Balaban J connectivity index is 1.92. The van der Waals surface area contributed by atoms with Crippen molar-refractivity contribution in [1.29, 1.82) is 0 Å². The van der Waals surface area contributed by atoms with Crippen LogP contribution in [0.3, 0.4) is 0 Å². The average molecular weight is 243 g/mol. The van der Waals surface area contributed by atoms with Crippen molar-refractivity contribution in [2.45, 2.75) is 26.8 Å². The molecule has 2 rings (SSSR count). The Morgan fingerprint density at radius 1 is 1.28 bits per heavy atom. The minimum atomic E-state index is 0.0140. The van der Waals surface area contributed by atoms with Crippen LogP contribution >= 0.6 is 0 Å². The van der Waals surface area contributed by atoms with Crippen molar-refractivity contribution in [3.63, 3.8) is 0 Å². The second-order valence-electron chi connectivity index (χ2n) is 4.46. The number of furan rings is 1. The average Bonchev–Trinajstić information content (AvgIpc) is 2.84.